The molecule has 2 aromatic rings. The summed E-state index contributed by atoms with van der Waals surface area (Å²) in [5.74, 6) is -5.00. The van der Waals surface area contributed by atoms with Gasteiger partial charge in [-0.05, 0) is 49.6 Å². The van der Waals surface area contributed by atoms with Crippen LogP contribution in [0.1, 0.15) is 35.7 Å². The zero-order valence-corrected chi connectivity index (χ0v) is 18.9. The van der Waals surface area contributed by atoms with Gasteiger partial charge in [0, 0.05) is 43.9 Å². The normalized spacial score (nSPS) is 14.5. The second-order valence-corrected chi connectivity index (χ2v) is 8.20. The predicted molar refractivity (Wildman–Crippen MR) is 117 cm³/mol. The Bertz CT molecular complexity index is 1100. The average molecular weight is 497 g/mol. The highest BCUT2D eigenvalue weighted by Gasteiger charge is 2.42. The van der Waals surface area contributed by atoms with Crippen molar-refractivity contribution in [2.24, 2.45) is 5.92 Å². The third-order valence-electron chi connectivity index (χ3n) is 5.79. The van der Waals surface area contributed by atoms with E-state index in [0.29, 0.717) is 35.1 Å². The molecule has 0 aliphatic carbocycles. The first-order chi connectivity index (χ1) is 16.5. The van der Waals surface area contributed by atoms with Crippen LogP contribution in [0.2, 0.25) is 0 Å². The summed E-state index contributed by atoms with van der Waals surface area (Å²) in [6.07, 6.45) is -4.33. The van der Waals surface area contributed by atoms with Gasteiger partial charge < -0.3 is 15.1 Å². The first kappa shape index (κ1) is 26.1. The molecule has 0 saturated carbocycles. The number of carbonyl (C=O) groups excluding carboxylic acids is 3. The lowest BCUT2D eigenvalue weighted by Crippen LogP contribution is -2.41. The molecule has 1 aliphatic heterocycles. The molecule has 0 aromatic heterocycles. The van der Waals surface area contributed by atoms with Crippen molar-refractivity contribution < 1.29 is 36.3 Å². The van der Waals surface area contributed by atoms with Crippen LogP contribution in [0.25, 0.3) is 0 Å². The fourth-order valence-electron chi connectivity index (χ4n) is 3.90. The van der Waals surface area contributed by atoms with Gasteiger partial charge in [0.25, 0.3) is 5.91 Å². The Morgan fingerprint density at radius 2 is 1.74 bits per heavy atom. The van der Waals surface area contributed by atoms with E-state index in [2.05, 4.69) is 5.32 Å². The van der Waals surface area contributed by atoms with Gasteiger partial charge in [-0.3, -0.25) is 14.4 Å². The van der Waals surface area contributed by atoms with E-state index in [0.717, 1.165) is 12.1 Å². The third kappa shape index (κ3) is 6.55. The standard InChI is InChI=1S/C24H24F5N3O3/c1-2-31(23(35)24(27,28)29)14-15-4-3-5-18(12-15)30-21(33)16-8-10-32(11-9-16)22(34)19-7-6-17(25)13-20(19)26/h3-7,12-13,16H,2,8-11,14H2,1H3,(H,30,33). The van der Waals surface area contributed by atoms with E-state index in [-0.39, 0.29) is 37.6 Å². The van der Waals surface area contributed by atoms with Crippen molar-refractivity contribution in [2.45, 2.75) is 32.5 Å². The molecule has 1 aliphatic rings. The van der Waals surface area contributed by atoms with E-state index in [1.54, 1.807) is 18.2 Å². The number of nitrogens with zero attached hydrogens (tertiary/aromatic N) is 2. The molecule has 0 bridgehead atoms. The minimum atomic E-state index is -4.97. The van der Waals surface area contributed by atoms with E-state index < -0.39 is 35.5 Å². The highest BCUT2D eigenvalue weighted by molar-refractivity contribution is 5.95. The van der Waals surface area contributed by atoms with Crippen molar-refractivity contribution >= 4 is 23.4 Å². The summed E-state index contributed by atoms with van der Waals surface area (Å²) in [5, 5.41) is 2.72. The first-order valence-electron chi connectivity index (χ1n) is 11.0. The van der Waals surface area contributed by atoms with Crippen LogP contribution in [-0.2, 0) is 16.1 Å². The Balaban J connectivity index is 1.57. The average Bonchev–Trinajstić information content (AvgIpc) is 2.81. The van der Waals surface area contributed by atoms with Crippen molar-refractivity contribution in [2.75, 3.05) is 25.0 Å². The van der Waals surface area contributed by atoms with Crippen LogP contribution >= 0.6 is 0 Å². The lowest BCUT2D eigenvalue weighted by atomic mass is 9.95. The quantitative estimate of drug-likeness (QED) is 0.603. The number of nitrogens with one attached hydrogen (secondary N) is 1. The SMILES string of the molecule is CCN(Cc1cccc(NC(=O)C2CCN(C(=O)c3ccc(F)cc3F)CC2)c1)C(=O)C(F)(F)F. The fourth-order valence-corrected chi connectivity index (χ4v) is 3.90. The van der Waals surface area contributed by atoms with Crippen molar-refractivity contribution in [3.05, 3.63) is 65.2 Å². The maximum absolute atomic E-state index is 13.9. The molecule has 6 nitrogen and oxygen atoms in total. The number of anilines is 1. The molecule has 1 heterocycles. The van der Waals surface area contributed by atoms with Crippen molar-refractivity contribution in [1.29, 1.82) is 0 Å². The van der Waals surface area contributed by atoms with Crippen LogP contribution in [0.3, 0.4) is 0 Å². The molecule has 3 amide bonds. The Kier molecular flexibility index (Phi) is 8.08. The second-order valence-electron chi connectivity index (χ2n) is 8.20. The predicted octanol–water partition coefficient (Wildman–Crippen LogP) is 4.37. The topological polar surface area (TPSA) is 69.7 Å². The van der Waals surface area contributed by atoms with Gasteiger partial charge in [-0.1, -0.05) is 12.1 Å². The number of hydrogen-bond donors (Lipinski definition) is 1. The third-order valence-corrected chi connectivity index (χ3v) is 5.79. The van der Waals surface area contributed by atoms with E-state index in [1.807, 2.05) is 0 Å². The van der Waals surface area contributed by atoms with E-state index in [4.69, 9.17) is 0 Å². The number of piperidine rings is 1. The smallest absolute Gasteiger partial charge is 0.339 e. The Morgan fingerprint density at radius 1 is 1.06 bits per heavy atom. The first-order valence-corrected chi connectivity index (χ1v) is 11.0. The number of benzene rings is 2. The van der Waals surface area contributed by atoms with Gasteiger partial charge in [0.2, 0.25) is 5.91 Å². The van der Waals surface area contributed by atoms with Crippen molar-refractivity contribution in [1.82, 2.24) is 9.80 Å². The summed E-state index contributed by atoms with van der Waals surface area (Å²) < 4.78 is 65.2. The van der Waals surface area contributed by atoms with E-state index in [1.165, 1.54) is 17.9 Å². The highest BCUT2D eigenvalue weighted by atomic mass is 19.4. The summed E-state index contributed by atoms with van der Waals surface area (Å²) in [6, 6.07) is 8.93. The molecule has 0 atom stereocenters. The molecule has 0 radical (unpaired) electrons. The summed E-state index contributed by atoms with van der Waals surface area (Å²) in [7, 11) is 0. The maximum Gasteiger partial charge on any atom is 0.471 e. The molecule has 11 heteroatoms. The molecule has 1 N–H and O–H groups in total. The molecule has 2 aromatic carbocycles. The van der Waals surface area contributed by atoms with Crippen LogP contribution in [0.5, 0.6) is 0 Å². The summed E-state index contributed by atoms with van der Waals surface area (Å²) in [5.41, 5.74) is 0.551. The number of halogens is 5. The van der Waals surface area contributed by atoms with Gasteiger partial charge in [-0.25, -0.2) is 8.78 Å². The Morgan fingerprint density at radius 3 is 2.34 bits per heavy atom. The number of rotatable bonds is 6. The zero-order valence-electron chi connectivity index (χ0n) is 18.9. The fraction of sp³-hybridized carbons (Fsp3) is 0.375. The lowest BCUT2D eigenvalue weighted by molar-refractivity contribution is -0.185. The molecular weight excluding hydrogens is 473 g/mol. The number of alkyl halides is 3. The van der Waals surface area contributed by atoms with E-state index in [9.17, 15) is 36.3 Å². The number of amides is 3. The van der Waals surface area contributed by atoms with Gasteiger partial charge in [0.1, 0.15) is 11.6 Å². The number of hydrogen-bond acceptors (Lipinski definition) is 3. The highest BCUT2D eigenvalue weighted by Crippen LogP contribution is 2.24. The van der Waals surface area contributed by atoms with Gasteiger partial charge in [-0.2, -0.15) is 13.2 Å². The second kappa shape index (κ2) is 10.8. The number of carbonyl (C=O) groups is 3. The van der Waals surface area contributed by atoms with Gasteiger partial charge in [0.05, 0.1) is 5.56 Å². The molecule has 0 unspecified atom stereocenters. The van der Waals surface area contributed by atoms with Gasteiger partial charge in [0.15, 0.2) is 0 Å². The minimum absolute atomic E-state index is 0.131. The molecule has 35 heavy (non-hydrogen) atoms. The summed E-state index contributed by atoms with van der Waals surface area (Å²) in [4.78, 5) is 38.8. The molecule has 1 fully saturated rings. The maximum atomic E-state index is 13.9. The largest absolute Gasteiger partial charge is 0.471 e. The number of likely N-dealkylation sites (tertiary alicyclic amines) is 1. The zero-order chi connectivity index (χ0) is 25.8. The van der Waals surface area contributed by atoms with Crippen molar-refractivity contribution in [3.63, 3.8) is 0 Å². The molecule has 0 spiro atoms. The van der Waals surface area contributed by atoms with Crippen molar-refractivity contribution in [3.8, 4) is 0 Å². The van der Waals surface area contributed by atoms with Gasteiger partial charge >= 0.3 is 12.1 Å². The van der Waals surface area contributed by atoms with Crippen LogP contribution < -0.4 is 5.32 Å². The summed E-state index contributed by atoms with van der Waals surface area (Å²) in [6.45, 7) is 1.46. The van der Waals surface area contributed by atoms with Crippen LogP contribution in [-0.4, -0.2) is 53.3 Å². The monoisotopic (exact) mass is 497 g/mol. The Hall–Kier alpha value is -3.50. The lowest BCUT2D eigenvalue weighted by Gasteiger charge is -2.31. The van der Waals surface area contributed by atoms with Gasteiger partial charge in [-0.15, -0.1) is 0 Å². The summed E-state index contributed by atoms with van der Waals surface area (Å²) >= 11 is 0. The minimum Gasteiger partial charge on any atom is -0.339 e. The molecular formula is C24H24F5N3O3. The molecule has 188 valence electrons. The van der Waals surface area contributed by atoms with E-state index >= 15 is 0 Å². The van der Waals surface area contributed by atoms with Crippen LogP contribution in [0.15, 0.2) is 42.5 Å². The molecule has 3 rings (SSSR count). The Labute approximate surface area is 198 Å². The van der Waals surface area contributed by atoms with Crippen LogP contribution in [0, 0.1) is 17.6 Å². The molecule has 1 saturated heterocycles. The van der Waals surface area contributed by atoms with Crippen LogP contribution in [0.4, 0.5) is 27.6 Å².